The molecule has 1 rings (SSSR count). The van der Waals surface area contributed by atoms with Gasteiger partial charge in [-0.1, -0.05) is 70.4 Å². The van der Waals surface area contributed by atoms with Crippen molar-refractivity contribution in [3.63, 3.8) is 0 Å². The number of carbonyl (C=O) groups is 1. The molecule has 4 heteroatoms. The molecule has 1 N–H and O–H groups in total. The van der Waals surface area contributed by atoms with Gasteiger partial charge in [-0.25, -0.2) is 4.99 Å². The first-order chi connectivity index (χ1) is 13.1. The number of quaternary nitrogens is 1. The first-order valence-electron chi connectivity index (χ1n) is 11.4. The van der Waals surface area contributed by atoms with Gasteiger partial charge in [0.2, 0.25) is 5.91 Å². The zero-order chi connectivity index (χ0) is 19.8. The summed E-state index contributed by atoms with van der Waals surface area (Å²) >= 11 is 0. The van der Waals surface area contributed by atoms with Crippen molar-refractivity contribution >= 4 is 12.1 Å². The molecule has 0 radical (unpaired) electrons. The number of allylic oxidation sites excluding steroid dienone is 1. The minimum Gasteiger partial charge on any atom is -0.351 e. The maximum atomic E-state index is 11.1. The van der Waals surface area contributed by atoms with Crippen LogP contribution in [0, 0.1) is 0 Å². The molecular formula is C23H44N3O+. The normalized spacial score (nSPS) is 22.0. The summed E-state index contributed by atoms with van der Waals surface area (Å²) in [6, 6.07) is 0. The zero-order valence-corrected chi connectivity index (χ0v) is 18.2. The third kappa shape index (κ3) is 10.1. The van der Waals surface area contributed by atoms with Crippen LogP contribution in [0.15, 0.2) is 17.1 Å². The van der Waals surface area contributed by atoms with Gasteiger partial charge in [-0.05, 0) is 19.8 Å². The van der Waals surface area contributed by atoms with Crippen LogP contribution >= 0.6 is 0 Å². The Kier molecular flexibility index (Phi) is 13.1. The van der Waals surface area contributed by atoms with E-state index in [9.17, 15) is 4.79 Å². The van der Waals surface area contributed by atoms with Crippen molar-refractivity contribution in [3.8, 4) is 0 Å². The first-order valence-corrected chi connectivity index (χ1v) is 11.4. The molecule has 4 nitrogen and oxygen atoms in total. The SMILES string of the molecule is CCCCCCCCCCC/C=C/CC1N=CC[N+]1(CC)CCNC(C)=O. The van der Waals surface area contributed by atoms with Crippen molar-refractivity contribution in [3.05, 3.63) is 12.2 Å². The van der Waals surface area contributed by atoms with Crippen LogP contribution in [0.1, 0.15) is 91.4 Å². The molecular weight excluding hydrogens is 334 g/mol. The number of unbranched alkanes of at least 4 members (excludes halogenated alkanes) is 9. The Morgan fingerprint density at radius 3 is 2.37 bits per heavy atom. The van der Waals surface area contributed by atoms with Crippen LogP contribution in [0.5, 0.6) is 0 Å². The fourth-order valence-electron chi connectivity index (χ4n) is 3.98. The van der Waals surface area contributed by atoms with Gasteiger partial charge >= 0.3 is 0 Å². The number of nitrogens with zero attached hydrogens (tertiary/aromatic N) is 2. The van der Waals surface area contributed by atoms with Gasteiger partial charge in [0.1, 0.15) is 6.54 Å². The molecule has 0 aliphatic carbocycles. The molecule has 0 saturated carbocycles. The molecule has 27 heavy (non-hydrogen) atoms. The molecule has 156 valence electrons. The van der Waals surface area contributed by atoms with Gasteiger partial charge in [0.15, 0.2) is 6.17 Å². The molecule has 1 aliphatic heterocycles. The molecule has 0 bridgehead atoms. The standard InChI is InChI=1S/C23H43N3O/c1-4-6-7-8-9-10-11-12-13-14-15-16-17-23-25-19-21-26(23,5-2)20-18-24-22(3)27/h15-16,19,23H,4-14,17-18,20-21H2,1-3H3/p+1/b16-15+. The summed E-state index contributed by atoms with van der Waals surface area (Å²) in [5, 5.41) is 2.94. The van der Waals surface area contributed by atoms with Crippen molar-refractivity contribution in [2.24, 2.45) is 4.99 Å². The molecule has 2 unspecified atom stereocenters. The molecule has 0 saturated heterocycles. The lowest BCUT2D eigenvalue weighted by Gasteiger charge is -2.37. The van der Waals surface area contributed by atoms with E-state index in [1.54, 1.807) is 6.92 Å². The highest BCUT2D eigenvalue weighted by molar-refractivity contribution is 5.72. The maximum absolute atomic E-state index is 11.1. The number of rotatable bonds is 16. The Morgan fingerprint density at radius 2 is 1.74 bits per heavy atom. The second-order valence-corrected chi connectivity index (χ2v) is 8.06. The molecule has 1 amide bonds. The van der Waals surface area contributed by atoms with Gasteiger partial charge < -0.3 is 5.32 Å². The number of likely N-dealkylation sites (N-methyl/N-ethyl adjacent to an activating group) is 1. The molecule has 0 fully saturated rings. The Balaban J connectivity index is 2.14. The van der Waals surface area contributed by atoms with Crippen LogP contribution in [0.4, 0.5) is 0 Å². The summed E-state index contributed by atoms with van der Waals surface area (Å²) in [6.45, 7) is 9.87. The summed E-state index contributed by atoms with van der Waals surface area (Å²) < 4.78 is 0.975. The second kappa shape index (κ2) is 14.8. The maximum Gasteiger partial charge on any atom is 0.217 e. The van der Waals surface area contributed by atoms with E-state index >= 15 is 0 Å². The number of aliphatic imine (C=N–C) groups is 1. The molecule has 1 aliphatic rings. The third-order valence-corrected chi connectivity index (χ3v) is 5.90. The largest absolute Gasteiger partial charge is 0.351 e. The lowest BCUT2D eigenvalue weighted by atomic mass is 10.1. The minimum atomic E-state index is 0.0572. The van der Waals surface area contributed by atoms with E-state index in [0.29, 0.717) is 6.17 Å². The van der Waals surface area contributed by atoms with Crippen LogP contribution in [0.25, 0.3) is 0 Å². The van der Waals surface area contributed by atoms with E-state index in [2.05, 4.69) is 37.5 Å². The van der Waals surface area contributed by atoms with Crippen molar-refractivity contribution in [1.82, 2.24) is 5.32 Å². The first kappa shape index (κ1) is 23.9. The van der Waals surface area contributed by atoms with Crippen molar-refractivity contribution in [1.29, 1.82) is 0 Å². The fourth-order valence-corrected chi connectivity index (χ4v) is 3.98. The Labute approximate surface area is 168 Å². The van der Waals surface area contributed by atoms with E-state index in [0.717, 1.165) is 37.1 Å². The quantitative estimate of drug-likeness (QED) is 0.223. The zero-order valence-electron chi connectivity index (χ0n) is 18.2. The highest BCUT2D eigenvalue weighted by atomic mass is 16.1. The number of carbonyl (C=O) groups excluding carboxylic acids is 1. The average Bonchev–Trinajstić information content (AvgIpc) is 3.05. The lowest BCUT2D eigenvalue weighted by molar-refractivity contribution is -0.934. The molecule has 2 atom stereocenters. The molecule has 1 heterocycles. The Hall–Kier alpha value is -1.16. The van der Waals surface area contributed by atoms with Crippen LogP contribution in [-0.4, -0.2) is 48.9 Å². The van der Waals surface area contributed by atoms with E-state index in [-0.39, 0.29) is 5.91 Å². The van der Waals surface area contributed by atoms with Gasteiger partial charge in [-0.15, -0.1) is 0 Å². The van der Waals surface area contributed by atoms with E-state index in [4.69, 9.17) is 4.99 Å². The van der Waals surface area contributed by atoms with Crippen molar-refractivity contribution in [2.45, 2.75) is 97.6 Å². The number of hydrogen-bond acceptors (Lipinski definition) is 2. The topological polar surface area (TPSA) is 41.5 Å². The monoisotopic (exact) mass is 378 g/mol. The Bertz CT molecular complexity index is 447. The van der Waals surface area contributed by atoms with Crippen LogP contribution in [0.3, 0.4) is 0 Å². The second-order valence-electron chi connectivity index (χ2n) is 8.06. The highest BCUT2D eigenvalue weighted by Gasteiger charge is 2.36. The summed E-state index contributed by atoms with van der Waals surface area (Å²) in [6.07, 6.45) is 21.8. The van der Waals surface area contributed by atoms with E-state index in [1.165, 1.54) is 64.2 Å². The van der Waals surface area contributed by atoms with Crippen LogP contribution in [-0.2, 0) is 4.79 Å². The smallest absolute Gasteiger partial charge is 0.217 e. The average molecular weight is 379 g/mol. The summed E-state index contributed by atoms with van der Waals surface area (Å²) in [7, 11) is 0. The van der Waals surface area contributed by atoms with Gasteiger partial charge in [0.25, 0.3) is 0 Å². The Morgan fingerprint density at radius 1 is 1.07 bits per heavy atom. The number of nitrogens with one attached hydrogen (secondary N) is 1. The van der Waals surface area contributed by atoms with Gasteiger partial charge in [0, 0.05) is 13.3 Å². The van der Waals surface area contributed by atoms with Crippen molar-refractivity contribution < 1.29 is 9.28 Å². The molecule has 0 aromatic heterocycles. The highest BCUT2D eigenvalue weighted by Crippen LogP contribution is 2.22. The van der Waals surface area contributed by atoms with Gasteiger partial charge in [-0.2, -0.15) is 0 Å². The molecule has 0 spiro atoms. The summed E-state index contributed by atoms with van der Waals surface area (Å²) in [4.78, 5) is 15.9. The van der Waals surface area contributed by atoms with E-state index < -0.39 is 0 Å². The molecule has 0 aromatic rings. The van der Waals surface area contributed by atoms with E-state index in [1.807, 2.05) is 0 Å². The number of amides is 1. The summed E-state index contributed by atoms with van der Waals surface area (Å²) in [5.41, 5.74) is 0. The minimum absolute atomic E-state index is 0.0572. The van der Waals surface area contributed by atoms with Crippen molar-refractivity contribution in [2.75, 3.05) is 26.2 Å². The van der Waals surface area contributed by atoms with Crippen LogP contribution < -0.4 is 5.32 Å². The van der Waals surface area contributed by atoms with Gasteiger partial charge in [0.05, 0.1) is 25.8 Å². The summed E-state index contributed by atoms with van der Waals surface area (Å²) in [5.74, 6) is 0.0572. The van der Waals surface area contributed by atoms with Gasteiger partial charge in [-0.3, -0.25) is 9.28 Å². The predicted octanol–water partition coefficient (Wildman–Crippen LogP) is 5.24. The fraction of sp³-hybridized carbons (Fsp3) is 0.826. The third-order valence-electron chi connectivity index (χ3n) is 5.90. The van der Waals surface area contributed by atoms with Crippen LogP contribution in [0.2, 0.25) is 0 Å². The number of hydrogen-bond donors (Lipinski definition) is 1. The molecule has 0 aromatic carbocycles. The lowest BCUT2D eigenvalue weighted by Crippen LogP contribution is -2.55. The predicted molar refractivity (Wildman–Crippen MR) is 117 cm³/mol.